The first-order chi connectivity index (χ1) is 14.4. The zero-order valence-corrected chi connectivity index (χ0v) is 18.2. The Morgan fingerprint density at radius 1 is 0.800 bits per heavy atom. The molecule has 0 bridgehead atoms. The summed E-state index contributed by atoms with van der Waals surface area (Å²) in [5.74, 6) is 2.41. The molecule has 0 saturated heterocycles. The van der Waals surface area contributed by atoms with Crippen molar-refractivity contribution in [3.8, 4) is 45.3 Å². The van der Waals surface area contributed by atoms with Gasteiger partial charge in [0.15, 0.2) is 11.5 Å². The predicted molar refractivity (Wildman–Crippen MR) is 122 cm³/mol. The molecule has 0 saturated carbocycles. The maximum atomic E-state index is 9.57. The predicted octanol–water partition coefficient (Wildman–Crippen LogP) is 6.40. The average molecular weight is 405 g/mol. The summed E-state index contributed by atoms with van der Waals surface area (Å²) in [6.07, 6.45) is 2.03. The van der Waals surface area contributed by atoms with Crippen LogP contribution in [-0.2, 0) is 0 Å². The van der Waals surface area contributed by atoms with E-state index in [0.717, 1.165) is 33.6 Å². The van der Waals surface area contributed by atoms with Crippen LogP contribution in [0.25, 0.3) is 22.3 Å². The maximum absolute atomic E-state index is 9.57. The highest BCUT2D eigenvalue weighted by atomic mass is 16.5. The lowest BCUT2D eigenvalue weighted by atomic mass is 9.94. The molecule has 0 fully saturated rings. The van der Waals surface area contributed by atoms with Gasteiger partial charge < -0.3 is 19.3 Å². The van der Waals surface area contributed by atoms with Crippen molar-refractivity contribution in [3.05, 3.63) is 71.8 Å². The lowest BCUT2D eigenvalue weighted by molar-refractivity contribution is 0.326. The van der Waals surface area contributed by atoms with Crippen molar-refractivity contribution in [2.75, 3.05) is 20.8 Å². The van der Waals surface area contributed by atoms with E-state index in [2.05, 4.69) is 13.0 Å². The van der Waals surface area contributed by atoms with E-state index in [-0.39, 0.29) is 5.75 Å². The lowest BCUT2D eigenvalue weighted by Crippen LogP contribution is -1.98. The molecule has 0 atom stereocenters. The summed E-state index contributed by atoms with van der Waals surface area (Å²) in [5.41, 5.74) is 6.37. The lowest BCUT2D eigenvalue weighted by Gasteiger charge is -2.16. The Morgan fingerprint density at radius 3 is 2.10 bits per heavy atom. The quantitative estimate of drug-likeness (QED) is 0.463. The third-order valence-electron chi connectivity index (χ3n) is 4.93. The summed E-state index contributed by atoms with van der Waals surface area (Å²) >= 11 is 0. The number of aromatic hydroxyl groups is 1. The molecular weight excluding hydrogens is 376 g/mol. The first kappa shape index (κ1) is 21.3. The van der Waals surface area contributed by atoms with Gasteiger partial charge in [-0.1, -0.05) is 23.8 Å². The largest absolute Gasteiger partial charge is 0.508 e. The number of phenols is 1. The number of rotatable bonds is 7. The highest BCUT2D eigenvalue weighted by molar-refractivity contribution is 5.80. The van der Waals surface area contributed by atoms with Crippen LogP contribution in [0.2, 0.25) is 0 Å². The third kappa shape index (κ3) is 4.77. The highest BCUT2D eigenvalue weighted by Crippen LogP contribution is 2.39. The Balaban J connectivity index is 1.99. The molecule has 0 aliphatic carbocycles. The molecule has 156 valence electrons. The van der Waals surface area contributed by atoms with Crippen LogP contribution >= 0.6 is 0 Å². The Labute approximate surface area is 178 Å². The smallest absolute Gasteiger partial charge is 0.161 e. The summed E-state index contributed by atoms with van der Waals surface area (Å²) in [6.45, 7) is 6.67. The first-order valence-corrected chi connectivity index (χ1v) is 9.85. The average Bonchev–Trinajstić information content (AvgIpc) is 2.74. The SMILES string of the molecule is COc1cc(-c2cc(OC)c(-c3ccc(O)cc3)cc2C)ccc1OCC=C(C)C. The highest BCUT2D eigenvalue weighted by Gasteiger charge is 2.14. The van der Waals surface area contributed by atoms with Gasteiger partial charge in [-0.15, -0.1) is 0 Å². The molecule has 0 heterocycles. The van der Waals surface area contributed by atoms with E-state index in [9.17, 15) is 5.11 Å². The van der Waals surface area contributed by atoms with Crippen LogP contribution in [0.3, 0.4) is 0 Å². The summed E-state index contributed by atoms with van der Waals surface area (Å²) in [6, 6.07) is 17.2. The van der Waals surface area contributed by atoms with Gasteiger partial charge in [0.05, 0.1) is 14.2 Å². The standard InChI is InChI=1S/C26H28O4/c1-17(2)12-13-30-24-11-8-20(15-26(24)29-5)22-16-25(28-4)23(14-18(22)3)19-6-9-21(27)10-7-19/h6-12,14-16,27H,13H2,1-5H3. The second-order valence-electron chi connectivity index (χ2n) is 7.37. The fourth-order valence-electron chi connectivity index (χ4n) is 3.29. The van der Waals surface area contributed by atoms with E-state index in [1.165, 1.54) is 5.57 Å². The van der Waals surface area contributed by atoms with Crippen LogP contribution < -0.4 is 14.2 Å². The summed E-state index contributed by atoms with van der Waals surface area (Å²) in [7, 11) is 3.31. The monoisotopic (exact) mass is 404 g/mol. The molecule has 4 heteroatoms. The van der Waals surface area contributed by atoms with Crippen LogP contribution in [0.5, 0.6) is 23.0 Å². The van der Waals surface area contributed by atoms with Gasteiger partial charge >= 0.3 is 0 Å². The van der Waals surface area contributed by atoms with Gasteiger partial charge in [0.2, 0.25) is 0 Å². The zero-order valence-electron chi connectivity index (χ0n) is 18.2. The van der Waals surface area contributed by atoms with Crippen molar-refractivity contribution >= 4 is 0 Å². The molecular formula is C26H28O4. The summed E-state index contributed by atoms with van der Waals surface area (Å²) in [4.78, 5) is 0. The number of phenolic OH excluding ortho intramolecular Hbond substituents is 1. The minimum absolute atomic E-state index is 0.241. The number of allylic oxidation sites excluding steroid dienone is 1. The second-order valence-corrected chi connectivity index (χ2v) is 7.37. The van der Waals surface area contributed by atoms with Crippen molar-refractivity contribution in [1.82, 2.24) is 0 Å². The van der Waals surface area contributed by atoms with Gasteiger partial charge in [0.25, 0.3) is 0 Å². The summed E-state index contributed by atoms with van der Waals surface area (Å²) in [5, 5.41) is 9.57. The zero-order chi connectivity index (χ0) is 21.7. The molecule has 0 amide bonds. The first-order valence-electron chi connectivity index (χ1n) is 9.85. The van der Waals surface area contributed by atoms with Crippen LogP contribution in [-0.4, -0.2) is 25.9 Å². The molecule has 1 N–H and O–H groups in total. The van der Waals surface area contributed by atoms with E-state index in [4.69, 9.17) is 14.2 Å². The van der Waals surface area contributed by atoms with Crippen molar-refractivity contribution in [2.45, 2.75) is 20.8 Å². The van der Waals surface area contributed by atoms with Gasteiger partial charge in [-0.3, -0.25) is 0 Å². The van der Waals surface area contributed by atoms with E-state index in [1.54, 1.807) is 26.4 Å². The fourth-order valence-corrected chi connectivity index (χ4v) is 3.29. The normalized spacial score (nSPS) is 10.4. The number of hydrogen-bond donors (Lipinski definition) is 1. The van der Waals surface area contributed by atoms with Crippen molar-refractivity contribution < 1.29 is 19.3 Å². The molecule has 4 nitrogen and oxygen atoms in total. The van der Waals surface area contributed by atoms with E-state index < -0.39 is 0 Å². The van der Waals surface area contributed by atoms with Crippen molar-refractivity contribution in [2.24, 2.45) is 0 Å². The van der Waals surface area contributed by atoms with Crippen molar-refractivity contribution in [1.29, 1.82) is 0 Å². The molecule has 0 unspecified atom stereocenters. The van der Waals surface area contributed by atoms with E-state index >= 15 is 0 Å². The number of ether oxygens (including phenoxy) is 3. The van der Waals surface area contributed by atoms with Crippen LogP contribution in [0, 0.1) is 6.92 Å². The third-order valence-corrected chi connectivity index (χ3v) is 4.93. The van der Waals surface area contributed by atoms with Gasteiger partial charge in [0, 0.05) is 5.56 Å². The number of benzene rings is 3. The minimum Gasteiger partial charge on any atom is -0.508 e. The van der Waals surface area contributed by atoms with E-state index in [0.29, 0.717) is 18.1 Å². The fraction of sp³-hybridized carbons (Fsp3) is 0.231. The molecule has 0 radical (unpaired) electrons. The van der Waals surface area contributed by atoms with Crippen LogP contribution in [0.4, 0.5) is 0 Å². The molecule has 3 rings (SSSR count). The number of methoxy groups -OCH3 is 2. The van der Waals surface area contributed by atoms with Gasteiger partial charge in [-0.2, -0.15) is 0 Å². The topological polar surface area (TPSA) is 47.9 Å². The maximum Gasteiger partial charge on any atom is 0.161 e. The van der Waals surface area contributed by atoms with Crippen molar-refractivity contribution in [3.63, 3.8) is 0 Å². The molecule has 0 aromatic heterocycles. The van der Waals surface area contributed by atoms with E-state index in [1.807, 2.05) is 56.3 Å². The Hall–Kier alpha value is -3.40. The number of hydrogen-bond acceptors (Lipinski definition) is 4. The Kier molecular flexibility index (Phi) is 6.68. The minimum atomic E-state index is 0.241. The second kappa shape index (κ2) is 9.40. The molecule has 3 aromatic rings. The molecule has 0 aliphatic rings. The van der Waals surface area contributed by atoms with Gasteiger partial charge in [-0.05, 0) is 85.5 Å². The molecule has 3 aromatic carbocycles. The van der Waals surface area contributed by atoms with Crippen LogP contribution in [0.1, 0.15) is 19.4 Å². The molecule has 0 spiro atoms. The Morgan fingerprint density at radius 2 is 1.47 bits per heavy atom. The molecule has 0 aliphatic heterocycles. The van der Waals surface area contributed by atoms with Gasteiger partial charge in [0.1, 0.15) is 18.1 Å². The molecule has 30 heavy (non-hydrogen) atoms. The Bertz CT molecular complexity index is 1050. The summed E-state index contributed by atoms with van der Waals surface area (Å²) < 4.78 is 17.1. The number of aryl methyl sites for hydroxylation is 1. The van der Waals surface area contributed by atoms with Gasteiger partial charge in [-0.25, -0.2) is 0 Å². The van der Waals surface area contributed by atoms with Crippen LogP contribution in [0.15, 0.2) is 66.2 Å².